The van der Waals surface area contributed by atoms with Crippen molar-refractivity contribution in [3.8, 4) is 0 Å². The number of nitrogens with one attached hydrogen (secondary N) is 2. The molecule has 2 rings (SSSR count). The molecule has 110 valence electrons. The lowest BCUT2D eigenvalue weighted by Gasteiger charge is -2.13. The fraction of sp³-hybridized carbons (Fsp3) is 0.562. The summed E-state index contributed by atoms with van der Waals surface area (Å²) in [6.45, 7) is 4.98. The molecule has 0 saturated carbocycles. The van der Waals surface area contributed by atoms with Crippen molar-refractivity contribution < 1.29 is 4.79 Å². The highest BCUT2D eigenvalue weighted by Crippen LogP contribution is 2.28. The molecule has 2 N–H and O–H groups in total. The Morgan fingerprint density at radius 1 is 1.30 bits per heavy atom. The Morgan fingerprint density at radius 2 is 2.10 bits per heavy atom. The number of rotatable bonds is 6. The zero-order chi connectivity index (χ0) is 14.2. The van der Waals surface area contributed by atoms with E-state index in [1.54, 1.807) is 11.8 Å². The molecular formula is C16H24N2OS. The number of carbonyl (C=O) groups is 1. The molecule has 1 atom stereocenters. The van der Waals surface area contributed by atoms with Gasteiger partial charge in [0.05, 0.1) is 5.25 Å². The number of benzene rings is 1. The topological polar surface area (TPSA) is 41.1 Å². The van der Waals surface area contributed by atoms with Gasteiger partial charge in [0.15, 0.2) is 0 Å². The van der Waals surface area contributed by atoms with E-state index in [-0.39, 0.29) is 11.2 Å². The van der Waals surface area contributed by atoms with E-state index in [4.69, 9.17) is 0 Å². The first-order chi connectivity index (χ1) is 9.79. The third-order valence-electron chi connectivity index (χ3n) is 3.44. The summed E-state index contributed by atoms with van der Waals surface area (Å²) in [4.78, 5) is 13.1. The first-order valence-electron chi connectivity index (χ1n) is 7.53. The molecule has 1 aliphatic rings. The van der Waals surface area contributed by atoms with Gasteiger partial charge in [-0.2, -0.15) is 0 Å². The Hall–Kier alpha value is -1.00. The van der Waals surface area contributed by atoms with Crippen LogP contribution in [-0.2, 0) is 11.3 Å². The highest BCUT2D eigenvalue weighted by molar-refractivity contribution is 8.00. The summed E-state index contributed by atoms with van der Waals surface area (Å²) in [5.74, 6) is 0.196. The third kappa shape index (κ3) is 4.84. The van der Waals surface area contributed by atoms with Gasteiger partial charge in [-0.25, -0.2) is 0 Å². The standard InChI is InChI=1S/C16H24N2OS/c1-2-10-17-12-13-6-8-14(9-7-13)20-15-5-3-4-11-18-16(15)19/h6-9,15,17H,2-5,10-12H2,1H3,(H,18,19). The number of amides is 1. The van der Waals surface area contributed by atoms with Crippen molar-refractivity contribution in [1.29, 1.82) is 0 Å². The molecule has 3 nitrogen and oxygen atoms in total. The van der Waals surface area contributed by atoms with Crippen LogP contribution >= 0.6 is 11.8 Å². The molecule has 4 heteroatoms. The average Bonchev–Trinajstić information content (AvgIpc) is 2.66. The number of hydrogen-bond donors (Lipinski definition) is 2. The Labute approximate surface area is 125 Å². The van der Waals surface area contributed by atoms with Crippen LogP contribution in [0, 0.1) is 0 Å². The number of carbonyl (C=O) groups excluding carboxylic acids is 1. The van der Waals surface area contributed by atoms with E-state index in [2.05, 4.69) is 41.8 Å². The Balaban J connectivity index is 1.87. The summed E-state index contributed by atoms with van der Waals surface area (Å²) in [5.41, 5.74) is 1.30. The summed E-state index contributed by atoms with van der Waals surface area (Å²) in [6, 6.07) is 8.57. The predicted molar refractivity (Wildman–Crippen MR) is 84.9 cm³/mol. The van der Waals surface area contributed by atoms with Crippen molar-refractivity contribution in [3.05, 3.63) is 29.8 Å². The van der Waals surface area contributed by atoms with Gasteiger partial charge in [0.2, 0.25) is 5.91 Å². The average molecular weight is 292 g/mol. The summed E-state index contributed by atoms with van der Waals surface area (Å²) < 4.78 is 0. The van der Waals surface area contributed by atoms with Crippen LogP contribution in [-0.4, -0.2) is 24.2 Å². The fourth-order valence-electron chi connectivity index (χ4n) is 2.28. The summed E-state index contributed by atoms with van der Waals surface area (Å²) >= 11 is 1.69. The molecule has 1 aromatic carbocycles. The third-order valence-corrected chi connectivity index (χ3v) is 4.72. The molecular weight excluding hydrogens is 268 g/mol. The fourth-order valence-corrected chi connectivity index (χ4v) is 3.38. The van der Waals surface area contributed by atoms with Gasteiger partial charge >= 0.3 is 0 Å². The monoisotopic (exact) mass is 292 g/mol. The second-order valence-corrected chi connectivity index (χ2v) is 6.49. The van der Waals surface area contributed by atoms with Crippen molar-refractivity contribution in [2.24, 2.45) is 0 Å². The van der Waals surface area contributed by atoms with Gasteiger partial charge in [-0.3, -0.25) is 4.79 Å². The van der Waals surface area contributed by atoms with Crippen molar-refractivity contribution in [3.63, 3.8) is 0 Å². The van der Waals surface area contributed by atoms with Crippen molar-refractivity contribution in [2.75, 3.05) is 13.1 Å². The Kier molecular flexibility index (Phi) is 6.40. The maximum atomic E-state index is 11.9. The second kappa shape index (κ2) is 8.32. The summed E-state index contributed by atoms with van der Waals surface area (Å²) in [6.07, 6.45) is 4.38. The lowest BCUT2D eigenvalue weighted by molar-refractivity contribution is -0.120. The quantitative estimate of drug-likeness (QED) is 0.792. The normalized spacial score (nSPS) is 19.4. The largest absolute Gasteiger partial charge is 0.355 e. The van der Waals surface area contributed by atoms with Crippen LogP contribution in [0.4, 0.5) is 0 Å². The van der Waals surface area contributed by atoms with Crippen LogP contribution < -0.4 is 10.6 Å². The highest BCUT2D eigenvalue weighted by atomic mass is 32.2. The van der Waals surface area contributed by atoms with Crippen molar-refractivity contribution in [1.82, 2.24) is 10.6 Å². The van der Waals surface area contributed by atoms with E-state index in [0.29, 0.717) is 0 Å². The smallest absolute Gasteiger partial charge is 0.233 e. The molecule has 0 radical (unpaired) electrons. The first-order valence-corrected chi connectivity index (χ1v) is 8.41. The first kappa shape index (κ1) is 15.4. The van der Waals surface area contributed by atoms with Crippen molar-refractivity contribution in [2.45, 2.75) is 49.3 Å². The van der Waals surface area contributed by atoms with Gasteiger partial charge in [0, 0.05) is 18.0 Å². The van der Waals surface area contributed by atoms with Crippen molar-refractivity contribution >= 4 is 17.7 Å². The van der Waals surface area contributed by atoms with E-state index in [1.165, 1.54) is 10.5 Å². The highest BCUT2D eigenvalue weighted by Gasteiger charge is 2.21. The molecule has 1 saturated heterocycles. The minimum absolute atomic E-state index is 0.0709. The molecule has 0 bridgehead atoms. The van der Waals surface area contributed by atoms with Gasteiger partial charge in [-0.1, -0.05) is 25.5 Å². The number of thioether (sulfide) groups is 1. The number of hydrogen-bond acceptors (Lipinski definition) is 3. The Morgan fingerprint density at radius 3 is 2.85 bits per heavy atom. The summed E-state index contributed by atoms with van der Waals surface area (Å²) in [7, 11) is 0. The molecule has 0 aliphatic carbocycles. The van der Waals surface area contributed by atoms with Crippen LogP contribution in [0.5, 0.6) is 0 Å². The maximum Gasteiger partial charge on any atom is 0.233 e. The molecule has 0 aromatic heterocycles. The maximum absolute atomic E-state index is 11.9. The second-order valence-electron chi connectivity index (χ2n) is 5.21. The molecule has 0 spiro atoms. The van der Waals surface area contributed by atoms with Crippen LogP contribution in [0.1, 0.15) is 38.2 Å². The van der Waals surface area contributed by atoms with Gasteiger partial charge in [-0.05, 0) is 43.5 Å². The zero-order valence-electron chi connectivity index (χ0n) is 12.2. The molecule has 1 amide bonds. The van der Waals surface area contributed by atoms with E-state index in [0.717, 1.165) is 45.3 Å². The van der Waals surface area contributed by atoms with E-state index in [9.17, 15) is 4.79 Å². The molecule has 20 heavy (non-hydrogen) atoms. The van der Waals surface area contributed by atoms with Gasteiger partial charge in [0.25, 0.3) is 0 Å². The van der Waals surface area contributed by atoms with Gasteiger partial charge in [0.1, 0.15) is 0 Å². The molecule has 1 heterocycles. The molecule has 1 aliphatic heterocycles. The van der Waals surface area contributed by atoms with Crippen LogP contribution in [0.3, 0.4) is 0 Å². The predicted octanol–water partition coefficient (Wildman–Crippen LogP) is 2.95. The lowest BCUT2D eigenvalue weighted by Crippen LogP contribution is -2.30. The summed E-state index contributed by atoms with van der Waals surface area (Å²) in [5, 5.41) is 6.46. The minimum atomic E-state index is 0.0709. The van der Waals surface area contributed by atoms with Crippen LogP contribution in [0.25, 0.3) is 0 Å². The Bertz CT molecular complexity index is 419. The zero-order valence-corrected chi connectivity index (χ0v) is 13.0. The molecule has 1 aromatic rings. The lowest BCUT2D eigenvalue weighted by atomic mass is 10.2. The van der Waals surface area contributed by atoms with E-state index in [1.807, 2.05) is 0 Å². The van der Waals surface area contributed by atoms with E-state index < -0.39 is 0 Å². The SMILES string of the molecule is CCCNCc1ccc(SC2CCCCNC2=O)cc1. The molecule has 1 unspecified atom stereocenters. The minimum Gasteiger partial charge on any atom is -0.355 e. The van der Waals surface area contributed by atoms with Gasteiger partial charge in [-0.15, -0.1) is 11.8 Å². The van der Waals surface area contributed by atoms with Crippen LogP contribution in [0.15, 0.2) is 29.2 Å². The van der Waals surface area contributed by atoms with Crippen LogP contribution in [0.2, 0.25) is 0 Å². The molecule has 1 fully saturated rings. The van der Waals surface area contributed by atoms with Gasteiger partial charge < -0.3 is 10.6 Å². The van der Waals surface area contributed by atoms with E-state index >= 15 is 0 Å².